The van der Waals surface area contributed by atoms with Gasteiger partial charge in [-0.1, -0.05) is 36.2 Å². The Labute approximate surface area is 239 Å². The van der Waals surface area contributed by atoms with Crippen LogP contribution in [0.4, 0.5) is 18.9 Å². The summed E-state index contributed by atoms with van der Waals surface area (Å²) in [5.74, 6) is -2.11. The van der Waals surface area contributed by atoms with Crippen LogP contribution in [-0.4, -0.2) is 28.3 Å². The minimum absolute atomic E-state index is 0. The topological polar surface area (TPSA) is 110 Å². The molecule has 35 heavy (non-hydrogen) atoms. The molecule has 0 radical (unpaired) electrons. The Morgan fingerprint density at radius 3 is 2.57 bits per heavy atom. The van der Waals surface area contributed by atoms with Crippen molar-refractivity contribution in [2.75, 3.05) is 4.90 Å². The minimum Gasteiger partial charge on any atom is -0.535 e. The molecule has 1 aliphatic carbocycles. The van der Waals surface area contributed by atoms with E-state index in [0.29, 0.717) is 17.5 Å². The SMILES string of the molecule is Cn1c(=O)oc2cc(N([C-]=O)/C=C(\[C-]=O)C(=O)O)ccc21.FC(F)(F)c1cccc2c1CC[CH-]2.[K+]. The Morgan fingerprint density at radius 2 is 1.97 bits per heavy atom. The molecule has 0 aliphatic heterocycles. The van der Waals surface area contributed by atoms with Gasteiger partial charge in [-0.15, -0.1) is 17.8 Å². The van der Waals surface area contributed by atoms with Crippen molar-refractivity contribution in [3.05, 3.63) is 81.8 Å². The Balaban J connectivity index is 0.000000265. The number of oxazole rings is 1. The van der Waals surface area contributed by atoms with E-state index in [-0.39, 0.29) is 62.7 Å². The second-order valence-electron chi connectivity index (χ2n) is 7.10. The molecule has 0 saturated carbocycles. The number of aromatic nitrogens is 1. The van der Waals surface area contributed by atoms with Crippen molar-refractivity contribution >= 4 is 35.5 Å². The fourth-order valence-electron chi connectivity index (χ4n) is 3.39. The van der Waals surface area contributed by atoms with E-state index >= 15 is 0 Å². The van der Waals surface area contributed by atoms with E-state index in [1.54, 1.807) is 6.07 Å². The molecule has 1 amide bonds. The summed E-state index contributed by atoms with van der Waals surface area (Å²) in [5, 5.41) is 8.73. The third kappa shape index (κ3) is 6.52. The van der Waals surface area contributed by atoms with Crippen molar-refractivity contribution in [1.82, 2.24) is 4.57 Å². The second kappa shape index (κ2) is 11.9. The molecule has 1 N–H and O–H groups in total. The number of amides is 1. The number of carbonyl (C=O) groups is 1. The van der Waals surface area contributed by atoms with Crippen LogP contribution in [0.5, 0.6) is 0 Å². The number of halogens is 3. The molecular weight excluding hydrogens is 496 g/mol. The van der Waals surface area contributed by atoms with Crippen LogP contribution in [0.2, 0.25) is 0 Å². The third-order valence-corrected chi connectivity index (χ3v) is 5.03. The molecular formula is C23H16F3KN2O6-2. The molecule has 0 bridgehead atoms. The fourth-order valence-corrected chi connectivity index (χ4v) is 3.39. The van der Waals surface area contributed by atoms with Gasteiger partial charge in [-0.05, 0) is 12.1 Å². The van der Waals surface area contributed by atoms with Crippen molar-refractivity contribution in [3.63, 3.8) is 0 Å². The van der Waals surface area contributed by atoms with Gasteiger partial charge in [-0.2, -0.15) is 31.2 Å². The Kier molecular flexibility index (Phi) is 9.69. The summed E-state index contributed by atoms with van der Waals surface area (Å²) < 4.78 is 43.5. The van der Waals surface area contributed by atoms with Crippen molar-refractivity contribution < 1.29 is 88.5 Å². The minimum atomic E-state index is -4.20. The summed E-state index contributed by atoms with van der Waals surface area (Å²) >= 11 is 0. The second-order valence-corrected chi connectivity index (χ2v) is 7.10. The van der Waals surface area contributed by atoms with Gasteiger partial charge in [0.25, 0.3) is 0 Å². The molecule has 0 atom stereocenters. The summed E-state index contributed by atoms with van der Waals surface area (Å²) in [5.41, 5.74) is 0.872. The average Bonchev–Trinajstić information content (AvgIpc) is 3.38. The van der Waals surface area contributed by atoms with Gasteiger partial charge in [0.2, 0.25) is 5.97 Å². The number of benzene rings is 2. The summed E-state index contributed by atoms with van der Waals surface area (Å²) in [7, 11) is 1.52. The molecule has 1 aromatic heterocycles. The largest absolute Gasteiger partial charge is 1.00 e. The smallest absolute Gasteiger partial charge is 0.535 e. The van der Waals surface area contributed by atoms with E-state index in [1.165, 1.54) is 48.6 Å². The van der Waals surface area contributed by atoms with Crippen LogP contribution in [0.1, 0.15) is 23.1 Å². The molecule has 3 aromatic rings. The average molecular weight is 512 g/mol. The zero-order valence-electron chi connectivity index (χ0n) is 18.5. The first kappa shape index (κ1) is 28.6. The number of alkyl halides is 3. The predicted octanol–water partition coefficient (Wildman–Crippen LogP) is 0.291. The summed E-state index contributed by atoms with van der Waals surface area (Å²) in [6, 6.07) is 8.66. The number of aryl methyl sites for hydroxylation is 1. The number of rotatable bonds is 5. The van der Waals surface area contributed by atoms with Gasteiger partial charge in [0, 0.05) is 12.6 Å². The quantitative estimate of drug-likeness (QED) is 0.132. The Bertz CT molecular complexity index is 1340. The molecule has 0 fully saturated rings. The number of nitrogens with zero attached hydrogens (tertiary/aromatic N) is 2. The fraction of sp³-hybridized carbons (Fsp3) is 0.174. The number of hydrogen-bond donors (Lipinski definition) is 1. The van der Waals surface area contributed by atoms with Gasteiger partial charge in [0.1, 0.15) is 12.0 Å². The van der Waals surface area contributed by atoms with Crippen LogP contribution in [0.3, 0.4) is 0 Å². The van der Waals surface area contributed by atoms with Gasteiger partial charge in [-0.25, -0.2) is 4.79 Å². The first-order valence-corrected chi connectivity index (χ1v) is 9.69. The zero-order chi connectivity index (χ0) is 25.0. The van der Waals surface area contributed by atoms with Crippen molar-refractivity contribution in [2.24, 2.45) is 7.05 Å². The molecule has 178 valence electrons. The molecule has 12 heteroatoms. The van der Waals surface area contributed by atoms with Gasteiger partial charge in [0.15, 0.2) is 0 Å². The third-order valence-electron chi connectivity index (χ3n) is 5.03. The number of carbonyl (C=O) groups excluding carboxylic acids is 2. The van der Waals surface area contributed by atoms with E-state index in [4.69, 9.17) is 9.52 Å². The predicted molar refractivity (Wildman–Crippen MR) is 114 cm³/mol. The number of fused-ring (bicyclic) bond motifs is 2. The van der Waals surface area contributed by atoms with Gasteiger partial charge >= 0.3 is 63.3 Å². The van der Waals surface area contributed by atoms with Gasteiger partial charge in [-0.3, -0.25) is 4.57 Å². The van der Waals surface area contributed by atoms with E-state index in [1.807, 2.05) is 6.42 Å². The molecule has 2 aromatic carbocycles. The van der Waals surface area contributed by atoms with Crippen molar-refractivity contribution in [3.8, 4) is 0 Å². The maximum Gasteiger partial charge on any atom is 1.00 e. The molecule has 8 nitrogen and oxygen atoms in total. The number of hydrogen-bond acceptors (Lipinski definition) is 5. The van der Waals surface area contributed by atoms with Crippen LogP contribution in [0.15, 0.2) is 57.4 Å². The Morgan fingerprint density at radius 1 is 1.26 bits per heavy atom. The molecule has 0 spiro atoms. The van der Waals surface area contributed by atoms with Crippen LogP contribution in [-0.2, 0) is 34.0 Å². The summed E-state index contributed by atoms with van der Waals surface area (Å²) in [4.78, 5) is 44.3. The molecule has 1 heterocycles. The van der Waals surface area contributed by atoms with Crippen molar-refractivity contribution in [1.29, 1.82) is 0 Å². The normalized spacial score (nSPS) is 12.5. The van der Waals surface area contributed by atoms with Crippen LogP contribution < -0.4 is 62.0 Å². The number of anilines is 1. The van der Waals surface area contributed by atoms with E-state index in [9.17, 15) is 32.3 Å². The first-order chi connectivity index (χ1) is 16.1. The number of carboxylic acid groups (broad SMARTS) is 1. The Hall–Kier alpha value is -2.64. The van der Waals surface area contributed by atoms with Gasteiger partial charge in [0.05, 0.1) is 11.8 Å². The zero-order valence-corrected chi connectivity index (χ0v) is 21.7. The van der Waals surface area contributed by atoms with E-state index < -0.39 is 29.0 Å². The van der Waals surface area contributed by atoms with E-state index in [2.05, 4.69) is 0 Å². The van der Waals surface area contributed by atoms with Gasteiger partial charge < -0.3 is 28.8 Å². The van der Waals surface area contributed by atoms with Crippen LogP contribution in [0, 0.1) is 6.42 Å². The summed E-state index contributed by atoms with van der Waals surface area (Å²) in [6.45, 7) is 0. The number of carboxylic acids is 1. The van der Waals surface area contributed by atoms with E-state index in [0.717, 1.165) is 29.2 Å². The first-order valence-electron chi connectivity index (χ1n) is 9.69. The maximum absolute atomic E-state index is 12.4. The number of aliphatic carboxylic acids is 1. The molecule has 0 saturated heterocycles. The maximum atomic E-state index is 12.4. The van der Waals surface area contributed by atoms with Crippen LogP contribution in [0.25, 0.3) is 11.1 Å². The molecule has 1 aliphatic rings. The molecule has 4 rings (SSSR count). The molecule has 0 unspecified atom stereocenters. The van der Waals surface area contributed by atoms with Crippen molar-refractivity contribution in [2.45, 2.75) is 19.0 Å². The standard InChI is InChI=1S/C13H8N2O6.C10H8F3.K/c1-14-10-3-2-9(4-11(10)21-13(14)20)15(7-17)5-8(6-16)12(18)19;11-10(12,13)9-6-2-4-7-3-1-5-8(7)9;/h2-5H,1H3,(H,18,19);2-4,6H,1,5H2;/q-2;-1;+1/b8-5+;;. The monoisotopic (exact) mass is 512 g/mol. The summed E-state index contributed by atoms with van der Waals surface area (Å²) in [6.07, 6.45) is 2.32. The van der Waals surface area contributed by atoms with Crippen LogP contribution >= 0.6 is 0 Å².